The zero-order valence-corrected chi connectivity index (χ0v) is 11.3. The summed E-state index contributed by atoms with van der Waals surface area (Å²) in [5, 5.41) is 13.0. The summed E-state index contributed by atoms with van der Waals surface area (Å²) in [7, 11) is 0. The molecule has 116 valence electrons. The van der Waals surface area contributed by atoms with Crippen molar-refractivity contribution in [2.24, 2.45) is 0 Å². The maximum Gasteiger partial charge on any atom is 0.418 e. The molecule has 1 aromatic carbocycles. The van der Waals surface area contributed by atoms with Gasteiger partial charge in [0.1, 0.15) is 0 Å². The molecule has 0 bridgehead atoms. The van der Waals surface area contributed by atoms with Gasteiger partial charge in [-0.1, -0.05) is 0 Å². The predicted octanol–water partition coefficient (Wildman–Crippen LogP) is 2.37. The van der Waals surface area contributed by atoms with E-state index >= 15 is 0 Å². The first-order valence-corrected chi connectivity index (χ1v) is 6.13. The van der Waals surface area contributed by atoms with Crippen LogP contribution in [0.2, 0.25) is 0 Å². The Morgan fingerprint density at radius 2 is 1.90 bits per heavy atom. The molecule has 0 aliphatic heterocycles. The molecule has 0 spiro atoms. The number of halogens is 3. The molecule has 2 amide bonds. The van der Waals surface area contributed by atoms with Crippen LogP contribution < -0.4 is 10.6 Å². The summed E-state index contributed by atoms with van der Waals surface area (Å²) in [6.45, 7) is 0.957. The maximum absolute atomic E-state index is 13.0. The van der Waals surface area contributed by atoms with Crippen LogP contribution in [0.4, 0.5) is 24.5 Å². The molecular weight excluding hydrogens is 289 g/mol. The number of hydrogen-bond acceptors (Lipinski definition) is 3. The first kappa shape index (κ1) is 17.0. The van der Waals surface area contributed by atoms with Crippen molar-refractivity contribution >= 4 is 23.2 Å². The number of nitrogens with one attached hydrogen (secondary N) is 2. The van der Waals surface area contributed by atoms with Crippen LogP contribution in [0.15, 0.2) is 18.2 Å². The zero-order valence-electron chi connectivity index (χ0n) is 11.3. The molecule has 0 aliphatic carbocycles. The van der Waals surface area contributed by atoms with E-state index in [4.69, 9.17) is 5.11 Å². The summed E-state index contributed by atoms with van der Waals surface area (Å²) in [6, 6.07) is 3.09. The van der Waals surface area contributed by atoms with Crippen molar-refractivity contribution in [2.75, 3.05) is 17.2 Å². The molecular formula is C13H15F3N2O3. The van der Waals surface area contributed by atoms with Gasteiger partial charge in [-0.3, -0.25) is 9.59 Å². The van der Waals surface area contributed by atoms with Gasteiger partial charge in [-0.15, -0.1) is 0 Å². The lowest BCUT2D eigenvalue weighted by atomic mass is 10.1. The Balaban J connectivity index is 3.02. The predicted molar refractivity (Wildman–Crippen MR) is 70.7 cm³/mol. The number of aliphatic hydroxyl groups is 1. The Hall–Kier alpha value is -2.09. The van der Waals surface area contributed by atoms with Crippen molar-refractivity contribution in [3.63, 3.8) is 0 Å². The van der Waals surface area contributed by atoms with Crippen LogP contribution in [0.1, 0.15) is 25.3 Å². The molecule has 8 heteroatoms. The molecule has 0 aromatic heterocycles. The van der Waals surface area contributed by atoms with Gasteiger partial charge in [0.15, 0.2) is 0 Å². The Labute approximate surface area is 119 Å². The number of benzene rings is 1. The lowest BCUT2D eigenvalue weighted by Crippen LogP contribution is -2.17. The fourth-order valence-corrected chi connectivity index (χ4v) is 1.62. The molecule has 0 unspecified atom stereocenters. The van der Waals surface area contributed by atoms with E-state index in [1.54, 1.807) is 0 Å². The number of carbonyl (C=O) groups is 2. The first-order chi connectivity index (χ1) is 9.74. The highest BCUT2D eigenvalue weighted by molar-refractivity contribution is 5.93. The molecule has 5 nitrogen and oxygen atoms in total. The Bertz CT molecular complexity index is 530. The molecule has 0 saturated carbocycles. The second kappa shape index (κ2) is 7.07. The Morgan fingerprint density at radius 1 is 1.24 bits per heavy atom. The molecule has 0 heterocycles. The first-order valence-electron chi connectivity index (χ1n) is 6.13. The zero-order chi connectivity index (χ0) is 16.0. The molecule has 0 aliphatic rings. The number of carbonyl (C=O) groups excluding carboxylic acids is 2. The van der Waals surface area contributed by atoms with Gasteiger partial charge in [0.2, 0.25) is 11.8 Å². The van der Waals surface area contributed by atoms with Crippen LogP contribution >= 0.6 is 0 Å². The van der Waals surface area contributed by atoms with Crippen molar-refractivity contribution in [3.05, 3.63) is 23.8 Å². The maximum atomic E-state index is 13.0. The largest absolute Gasteiger partial charge is 0.418 e. The van der Waals surface area contributed by atoms with Crippen molar-refractivity contribution in [1.29, 1.82) is 0 Å². The van der Waals surface area contributed by atoms with Gasteiger partial charge in [-0.05, 0) is 24.6 Å². The summed E-state index contributed by atoms with van der Waals surface area (Å²) in [5.41, 5.74) is -1.45. The van der Waals surface area contributed by atoms with E-state index in [1.165, 1.54) is 13.0 Å². The fraction of sp³-hybridized carbons (Fsp3) is 0.385. The smallest absolute Gasteiger partial charge is 0.396 e. The summed E-state index contributed by atoms with van der Waals surface area (Å²) in [5.74, 6) is -1.12. The molecule has 1 aromatic rings. The number of alkyl halides is 3. The van der Waals surface area contributed by atoms with E-state index in [0.29, 0.717) is 0 Å². The number of aliphatic hydroxyl groups excluding tert-OH is 1. The highest BCUT2D eigenvalue weighted by atomic mass is 19.4. The van der Waals surface area contributed by atoms with E-state index in [-0.39, 0.29) is 30.8 Å². The fourth-order valence-electron chi connectivity index (χ4n) is 1.62. The van der Waals surface area contributed by atoms with Crippen molar-refractivity contribution in [3.8, 4) is 0 Å². The average molecular weight is 304 g/mol. The Kier molecular flexibility index (Phi) is 5.71. The topological polar surface area (TPSA) is 78.4 Å². The van der Waals surface area contributed by atoms with Crippen LogP contribution in [0.5, 0.6) is 0 Å². The van der Waals surface area contributed by atoms with Crippen LogP contribution in [-0.4, -0.2) is 23.5 Å². The minimum absolute atomic E-state index is 0.0109. The highest BCUT2D eigenvalue weighted by Gasteiger charge is 2.34. The third-order valence-corrected chi connectivity index (χ3v) is 2.48. The monoisotopic (exact) mass is 304 g/mol. The number of rotatable bonds is 5. The minimum atomic E-state index is -4.67. The van der Waals surface area contributed by atoms with Gasteiger partial charge in [0.25, 0.3) is 0 Å². The van der Waals surface area contributed by atoms with Gasteiger partial charge < -0.3 is 15.7 Å². The quantitative estimate of drug-likeness (QED) is 0.781. The Morgan fingerprint density at radius 3 is 2.43 bits per heavy atom. The molecule has 0 atom stereocenters. The van der Waals surface area contributed by atoms with Crippen LogP contribution in [0, 0.1) is 0 Å². The van der Waals surface area contributed by atoms with Gasteiger partial charge in [0.05, 0.1) is 11.3 Å². The molecule has 3 N–H and O–H groups in total. The molecule has 21 heavy (non-hydrogen) atoms. The molecule has 1 rings (SSSR count). The summed E-state index contributed by atoms with van der Waals surface area (Å²) >= 11 is 0. The lowest BCUT2D eigenvalue weighted by molar-refractivity contribution is -0.137. The molecule has 0 saturated heterocycles. The van der Waals surface area contributed by atoms with E-state index < -0.39 is 23.6 Å². The van der Waals surface area contributed by atoms with Crippen LogP contribution in [0.25, 0.3) is 0 Å². The van der Waals surface area contributed by atoms with Crippen molar-refractivity contribution in [1.82, 2.24) is 0 Å². The van der Waals surface area contributed by atoms with Gasteiger partial charge in [-0.25, -0.2) is 0 Å². The summed E-state index contributed by atoms with van der Waals surface area (Å²) < 4.78 is 38.9. The van der Waals surface area contributed by atoms with Gasteiger partial charge in [-0.2, -0.15) is 13.2 Å². The molecule has 0 radical (unpaired) electrons. The van der Waals surface area contributed by atoms with Crippen molar-refractivity contribution in [2.45, 2.75) is 25.9 Å². The van der Waals surface area contributed by atoms with Gasteiger partial charge in [0, 0.05) is 25.6 Å². The normalized spacial score (nSPS) is 11.1. The van der Waals surface area contributed by atoms with Gasteiger partial charge >= 0.3 is 6.18 Å². The summed E-state index contributed by atoms with van der Waals surface area (Å²) in [6.07, 6.45) is -4.59. The second-order valence-electron chi connectivity index (χ2n) is 4.31. The lowest BCUT2D eigenvalue weighted by Gasteiger charge is -2.15. The van der Waals surface area contributed by atoms with Crippen molar-refractivity contribution < 1.29 is 27.9 Å². The van der Waals surface area contributed by atoms with E-state index in [1.807, 2.05) is 0 Å². The minimum Gasteiger partial charge on any atom is -0.396 e. The highest BCUT2D eigenvalue weighted by Crippen LogP contribution is 2.36. The van der Waals surface area contributed by atoms with Crippen LogP contribution in [-0.2, 0) is 15.8 Å². The number of anilines is 2. The van der Waals surface area contributed by atoms with E-state index in [9.17, 15) is 22.8 Å². The average Bonchev–Trinajstić information content (AvgIpc) is 2.36. The number of hydrogen-bond donors (Lipinski definition) is 3. The standard InChI is InChI=1S/C13H15F3N2O3/c1-8(20)17-9-4-5-11(10(7-9)13(14,15)16)18-12(21)3-2-6-19/h4-5,7,19H,2-3,6H2,1H3,(H,17,20)(H,18,21). The summed E-state index contributed by atoms with van der Waals surface area (Å²) in [4.78, 5) is 22.3. The number of amides is 2. The van der Waals surface area contributed by atoms with Crippen LogP contribution in [0.3, 0.4) is 0 Å². The third kappa shape index (κ3) is 5.42. The van der Waals surface area contributed by atoms with E-state index in [2.05, 4.69) is 10.6 Å². The third-order valence-electron chi connectivity index (χ3n) is 2.48. The SMILES string of the molecule is CC(=O)Nc1ccc(NC(=O)CCCO)c(C(F)(F)F)c1. The molecule has 0 fully saturated rings. The van der Waals surface area contributed by atoms with E-state index in [0.717, 1.165) is 12.1 Å². The second-order valence-corrected chi connectivity index (χ2v) is 4.31.